The van der Waals surface area contributed by atoms with Crippen molar-refractivity contribution in [3.8, 4) is 0 Å². The molecule has 0 saturated carbocycles. The molecule has 0 bridgehead atoms. The lowest BCUT2D eigenvalue weighted by molar-refractivity contribution is -0.862. The number of likely N-dealkylation sites (N-methyl/N-ethyl adjacent to an activating group) is 2. The molecule has 0 aromatic heterocycles. The average Bonchev–Trinajstić information content (AvgIpc) is 2.39. The lowest BCUT2D eigenvalue weighted by atomic mass is 10.2. The number of rotatable bonds is 5. The molecule has 1 unspecified atom stereocenters. The van der Waals surface area contributed by atoms with Gasteiger partial charge in [0.15, 0.2) is 13.1 Å². The Morgan fingerprint density at radius 3 is 2.39 bits per heavy atom. The minimum atomic E-state index is -4.52. The van der Waals surface area contributed by atoms with Gasteiger partial charge in [0, 0.05) is 14.1 Å². The number of hydrogen-bond acceptors (Lipinski definition) is 2. The summed E-state index contributed by atoms with van der Waals surface area (Å²) in [7, 11) is 4.82. The number of nitrogens with one attached hydrogen (secondary N) is 2. The Bertz CT molecular complexity index is 591. The molecule has 0 heterocycles. The van der Waals surface area contributed by atoms with E-state index in [1.54, 1.807) is 21.1 Å². The van der Waals surface area contributed by atoms with Gasteiger partial charge < -0.3 is 15.1 Å². The van der Waals surface area contributed by atoms with Gasteiger partial charge in [0.25, 0.3) is 11.8 Å². The maximum absolute atomic E-state index is 12.7. The molecule has 1 aromatic carbocycles. The van der Waals surface area contributed by atoms with E-state index in [0.717, 1.165) is 18.2 Å². The summed E-state index contributed by atoms with van der Waals surface area (Å²) in [5.74, 6) is -0.692. The zero-order valence-corrected chi connectivity index (χ0v) is 13.7. The second-order valence-electron chi connectivity index (χ2n) is 5.34. The Kier molecular flexibility index (Phi) is 6.40. The van der Waals surface area contributed by atoms with E-state index in [1.165, 1.54) is 4.90 Å². The van der Waals surface area contributed by atoms with Crippen molar-refractivity contribution >= 4 is 29.1 Å². The third kappa shape index (κ3) is 6.07. The molecule has 0 saturated heterocycles. The van der Waals surface area contributed by atoms with Gasteiger partial charge >= 0.3 is 6.18 Å². The van der Waals surface area contributed by atoms with Crippen molar-refractivity contribution in [3.63, 3.8) is 0 Å². The minimum Gasteiger partial charge on any atom is -0.344 e. The van der Waals surface area contributed by atoms with E-state index in [2.05, 4.69) is 5.32 Å². The van der Waals surface area contributed by atoms with E-state index in [1.807, 2.05) is 0 Å². The zero-order chi connectivity index (χ0) is 17.8. The van der Waals surface area contributed by atoms with E-state index in [-0.39, 0.29) is 29.7 Å². The predicted molar refractivity (Wildman–Crippen MR) is 80.4 cm³/mol. The van der Waals surface area contributed by atoms with E-state index in [4.69, 9.17) is 11.6 Å². The number of nitrogens with zero attached hydrogens (tertiary/aromatic N) is 1. The summed E-state index contributed by atoms with van der Waals surface area (Å²) in [4.78, 5) is 25.4. The molecule has 23 heavy (non-hydrogen) atoms. The summed E-state index contributed by atoms with van der Waals surface area (Å²) in [5.41, 5.74) is -1.01. The molecular weight excluding hydrogens is 335 g/mol. The summed E-state index contributed by atoms with van der Waals surface area (Å²) >= 11 is 5.80. The van der Waals surface area contributed by atoms with Crippen LogP contribution in [0, 0.1) is 0 Å². The lowest BCUT2D eigenvalue weighted by Crippen LogP contribution is -3.11. The standard InChI is InChI=1S/C14H17ClF3N3O2/c1-20(2)13(23)8-21(3)7-12(22)19-11-6-9(14(16,17)18)4-5-10(11)15/h4-6H,7-8H2,1-3H3,(H,19,22)/p+1. The smallest absolute Gasteiger partial charge is 0.344 e. The third-order valence-electron chi connectivity index (χ3n) is 2.98. The molecule has 0 aliphatic heterocycles. The van der Waals surface area contributed by atoms with Crippen molar-refractivity contribution in [2.45, 2.75) is 6.18 Å². The number of halogens is 4. The van der Waals surface area contributed by atoms with Crippen LogP contribution in [0.5, 0.6) is 0 Å². The molecule has 0 aliphatic carbocycles. The topological polar surface area (TPSA) is 53.9 Å². The fourth-order valence-corrected chi connectivity index (χ4v) is 1.91. The molecule has 1 atom stereocenters. The van der Waals surface area contributed by atoms with Gasteiger partial charge in [-0.25, -0.2) is 0 Å². The molecule has 0 aliphatic rings. The number of alkyl halides is 3. The Morgan fingerprint density at radius 1 is 1.26 bits per heavy atom. The Labute approximate surface area is 137 Å². The van der Waals surface area contributed by atoms with Crippen molar-refractivity contribution in [2.24, 2.45) is 0 Å². The SMILES string of the molecule is CN(C)C(=O)C[NH+](C)CC(=O)Nc1cc(C(F)(F)F)ccc1Cl. The Hall–Kier alpha value is -1.80. The van der Waals surface area contributed by atoms with Crippen molar-refractivity contribution in [3.05, 3.63) is 28.8 Å². The van der Waals surface area contributed by atoms with Gasteiger partial charge in [-0.2, -0.15) is 13.2 Å². The summed E-state index contributed by atoms with van der Waals surface area (Å²) in [6, 6.07) is 2.69. The fourth-order valence-electron chi connectivity index (χ4n) is 1.74. The summed E-state index contributed by atoms with van der Waals surface area (Å²) in [6.07, 6.45) is -4.52. The van der Waals surface area contributed by atoms with Gasteiger partial charge in [0.1, 0.15) is 0 Å². The monoisotopic (exact) mass is 352 g/mol. The molecule has 1 rings (SSSR count). The van der Waals surface area contributed by atoms with Gasteiger partial charge in [-0.15, -0.1) is 0 Å². The summed E-state index contributed by atoms with van der Waals surface area (Å²) in [6.45, 7) is 0.0168. The first-order valence-electron chi connectivity index (χ1n) is 6.68. The second-order valence-corrected chi connectivity index (χ2v) is 5.75. The zero-order valence-electron chi connectivity index (χ0n) is 12.9. The molecule has 9 heteroatoms. The van der Waals surface area contributed by atoms with Gasteiger partial charge in [-0.1, -0.05) is 11.6 Å². The van der Waals surface area contributed by atoms with Crippen molar-refractivity contribution in [1.82, 2.24) is 4.90 Å². The number of carbonyl (C=O) groups excluding carboxylic acids is 2. The molecular formula is C14H18ClF3N3O2+. The Morgan fingerprint density at radius 2 is 1.87 bits per heavy atom. The summed E-state index contributed by atoms with van der Waals surface area (Å²) < 4.78 is 38.0. The quantitative estimate of drug-likeness (QED) is 0.827. The molecule has 2 N–H and O–H groups in total. The number of benzene rings is 1. The molecule has 5 nitrogen and oxygen atoms in total. The van der Waals surface area contributed by atoms with Crippen LogP contribution in [-0.4, -0.2) is 50.9 Å². The number of carbonyl (C=O) groups is 2. The van der Waals surface area contributed by atoms with Crippen LogP contribution in [0.1, 0.15) is 5.56 Å². The number of anilines is 1. The molecule has 0 fully saturated rings. The van der Waals surface area contributed by atoms with Crippen LogP contribution < -0.4 is 10.2 Å². The van der Waals surface area contributed by atoms with Crippen LogP contribution in [0.4, 0.5) is 18.9 Å². The normalized spacial score (nSPS) is 12.7. The number of amides is 2. The fraction of sp³-hybridized carbons (Fsp3) is 0.429. The number of hydrogen-bond donors (Lipinski definition) is 2. The highest BCUT2D eigenvalue weighted by molar-refractivity contribution is 6.33. The van der Waals surface area contributed by atoms with Gasteiger partial charge in [-0.05, 0) is 18.2 Å². The predicted octanol–water partition coefficient (Wildman–Crippen LogP) is 0.900. The average molecular weight is 353 g/mol. The highest BCUT2D eigenvalue weighted by Gasteiger charge is 2.31. The first-order valence-corrected chi connectivity index (χ1v) is 7.06. The van der Waals surface area contributed by atoms with Crippen LogP contribution in [0.3, 0.4) is 0 Å². The maximum atomic E-state index is 12.7. The Balaban J connectivity index is 2.72. The maximum Gasteiger partial charge on any atom is 0.416 e. The second kappa shape index (κ2) is 7.65. The highest BCUT2D eigenvalue weighted by atomic mass is 35.5. The lowest BCUT2D eigenvalue weighted by Gasteiger charge is -2.17. The van der Waals surface area contributed by atoms with Gasteiger partial charge in [0.05, 0.1) is 23.3 Å². The van der Waals surface area contributed by atoms with Gasteiger partial charge in [0.2, 0.25) is 0 Å². The number of quaternary nitrogens is 1. The minimum absolute atomic E-state index is 0.00775. The first-order chi connectivity index (χ1) is 10.5. The third-order valence-corrected chi connectivity index (χ3v) is 3.31. The van der Waals surface area contributed by atoms with Crippen LogP contribution in [0.15, 0.2) is 18.2 Å². The molecule has 2 amide bonds. The van der Waals surface area contributed by atoms with Crippen LogP contribution in [-0.2, 0) is 15.8 Å². The van der Waals surface area contributed by atoms with E-state index in [9.17, 15) is 22.8 Å². The van der Waals surface area contributed by atoms with E-state index < -0.39 is 17.6 Å². The van der Waals surface area contributed by atoms with Crippen molar-refractivity contribution in [2.75, 3.05) is 39.5 Å². The molecule has 128 valence electrons. The van der Waals surface area contributed by atoms with E-state index in [0.29, 0.717) is 4.90 Å². The molecule has 0 spiro atoms. The summed E-state index contributed by atoms with van der Waals surface area (Å²) in [5, 5.41) is 2.35. The highest BCUT2D eigenvalue weighted by Crippen LogP contribution is 2.33. The van der Waals surface area contributed by atoms with Crippen molar-refractivity contribution < 1.29 is 27.7 Å². The largest absolute Gasteiger partial charge is 0.416 e. The van der Waals surface area contributed by atoms with Crippen LogP contribution in [0.2, 0.25) is 5.02 Å². The first kappa shape index (κ1) is 19.2. The van der Waals surface area contributed by atoms with Crippen molar-refractivity contribution in [1.29, 1.82) is 0 Å². The molecule has 0 radical (unpaired) electrons. The van der Waals surface area contributed by atoms with Crippen LogP contribution in [0.25, 0.3) is 0 Å². The van der Waals surface area contributed by atoms with E-state index >= 15 is 0 Å². The molecule has 1 aromatic rings. The van der Waals surface area contributed by atoms with Crippen LogP contribution >= 0.6 is 11.6 Å². The van der Waals surface area contributed by atoms with Gasteiger partial charge in [-0.3, -0.25) is 9.59 Å².